The molecule has 100 valence electrons. The fourth-order valence-corrected chi connectivity index (χ4v) is 2.38. The van der Waals surface area contributed by atoms with Gasteiger partial charge in [-0.15, -0.1) is 5.10 Å². The van der Waals surface area contributed by atoms with Crippen LogP contribution in [-0.4, -0.2) is 22.6 Å². The summed E-state index contributed by atoms with van der Waals surface area (Å²) in [6.45, 7) is 2.37. The number of nitrogens with zero attached hydrogens (tertiary/aromatic N) is 2. The molecule has 0 bridgehead atoms. The van der Waals surface area contributed by atoms with Crippen molar-refractivity contribution in [2.45, 2.75) is 19.9 Å². The SMILES string of the molecule is CCc1nnsc1C(=O)NCc1ccccc1OC. The van der Waals surface area contributed by atoms with Crippen molar-refractivity contribution >= 4 is 17.4 Å². The number of rotatable bonds is 5. The lowest BCUT2D eigenvalue weighted by molar-refractivity contribution is 0.0953. The molecule has 1 aromatic heterocycles. The third-order valence-corrected chi connectivity index (χ3v) is 3.50. The lowest BCUT2D eigenvalue weighted by Crippen LogP contribution is -2.23. The van der Waals surface area contributed by atoms with Crippen molar-refractivity contribution in [3.63, 3.8) is 0 Å². The summed E-state index contributed by atoms with van der Waals surface area (Å²) in [4.78, 5) is 12.6. The molecular formula is C13H15N3O2S. The van der Waals surface area contributed by atoms with E-state index >= 15 is 0 Å². The van der Waals surface area contributed by atoms with Gasteiger partial charge in [-0.3, -0.25) is 4.79 Å². The molecule has 19 heavy (non-hydrogen) atoms. The average Bonchev–Trinajstić information content (AvgIpc) is 2.93. The van der Waals surface area contributed by atoms with Crippen molar-refractivity contribution in [2.24, 2.45) is 0 Å². The normalized spacial score (nSPS) is 10.2. The standard InChI is InChI=1S/C13H15N3O2S/c1-3-10-12(19-16-15-10)13(17)14-8-9-6-4-5-7-11(9)18-2/h4-7H,3,8H2,1-2H3,(H,14,17). The smallest absolute Gasteiger partial charge is 0.265 e. The lowest BCUT2D eigenvalue weighted by atomic mass is 10.2. The molecule has 0 aliphatic carbocycles. The van der Waals surface area contributed by atoms with Crippen LogP contribution < -0.4 is 10.1 Å². The predicted molar refractivity (Wildman–Crippen MR) is 73.5 cm³/mol. The quantitative estimate of drug-likeness (QED) is 0.908. The molecule has 0 saturated heterocycles. The zero-order chi connectivity index (χ0) is 13.7. The molecule has 2 aromatic rings. The Morgan fingerprint density at radius 1 is 1.42 bits per heavy atom. The van der Waals surface area contributed by atoms with Crippen molar-refractivity contribution in [1.29, 1.82) is 0 Å². The van der Waals surface area contributed by atoms with Gasteiger partial charge in [0, 0.05) is 12.1 Å². The first kappa shape index (κ1) is 13.5. The van der Waals surface area contributed by atoms with Crippen molar-refractivity contribution in [2.75, 3.05) is 7.11 Å². The highest BCUT2D eigenvalue weighted by Crippen LogP contribution is 2.17. The second-order valence-electron chi connectivity index (χ2n) is 3.90. The summed E-state index contributed by atoms with van der Waals surface area (Å²) in [7, 11) is 1.61. The molecule has 5 nitrogen and oxygen atoms in total. The molecule has 0 unspecified atom stereocenters. The number of nitrogens with one attached hydrogen (secondary N) is 1. The Morgan fingerprint density at radius 2 is 2.21 bits per heavy atom. The topological polar surface area (TPSA) is 64.1 Å². The van der Waals surface area contributed by atoms with Gasteiger partial charge in [0.25, 0.3) is 5.91 Å². The first-order valence-electron chi connectivity index (χ1n) is 5.97. The number of hydrogen-bond acceptors (Lipinski definition) is 5. The molecule has 0 radical (unpaired) electrons. The highest BCUT2D eigenvalue weighted by atomic mass is 32.1. The van der Waals surface area contributed by atoms with Crippen molar-refractivity contribution in [1.82, 2.24) is 14.9 Å². The first-order chi connectivity index (χ1) is 9.26. The molecule has 0 atom stereocenters. The summed E-state index contributed by atoms with van der Waals surface area (Å²) in [5, 5.41) is 6.79. The Morgan fingerprint density at radius 3 is 2.95 bits per heavy atom. The van der Waals surface area contributed by atoms with E-state index in [-0.39, 0.29) is 5.91 Å². The third kappa shape index (κ3) is 3.08. The van der Waals surface area contributed by atoms with Gasteiger partial charge in [-0.1, -0.05) is 29.6 Å². The van der Waals surface area contributed by atoms with E-state index < -0.39 is 0 Å². The van der Waals surface area contributed by atoms with Crippen LogP contribution in [0, 0.1) is 0 Å². The number of ether oxygens (including phenoxy) is 1. The summed E-state index contributed by atoms with van der Waals surface area (Å²) in [5.74, 6) is 0.624. The highest BCUT2D eigenvalue weighted by Gasteiger charge is 2.15. The summed E-state index contributed by atoms with van der Waals surface area (Å²) < 4.78 is 9.05. The molecule has 1 aromatic carbocycles. The number of aromatic nitrogens is 2. The van der Waals surface area contributed by atoms with Crippen LogP contribution >= 0.6 is 11.5 Å². The summed E-state index contributed by atoms with van der Waals surface area (Å²) in [5.41, 5.74) is 1.68. The zero-order valence-electron chi connectivity index (χ0n) is 10.8. The summed E-state index contributed by atoms with van der Waals surface area (Å²) in [6.07, 6.45) is 0.702. The molecule has 0 aliphatic rings. The third-order valence-electron chi connectivity index (χ3n) is 2.73. The number of hydrogen-bond donors (Lipinski definition) is 1. The Kier molecular flexibility index (Phi) is 4.46. The Bertz CT molecular complexity index is 569. The van der Waals surface area contributed by atoms with E-state index in [1.54, 1.807) is 7.11 Å². The minimum atomic E-state index is -0.141. The van der Waals surface area contributed by atoms with Crippen LogP contribution in [0.1, 0.15) is 27.9 Å². The summed E-state index contributed by atoms with van der Waals surface area (Å²) in [6, 6.07) is 7.60. The molecule has 0 spiro atoms. The number of carbonyl (C=O) groups is 1. The molecule has 1 N–H and O–H groups in total. The molecule has 0 aliphatic heterocycles. The minimum Gasteiger partial charge on any atom is -0.496 e. The van der Waals surface area contributed by atoms with E-state index in [0.29, 0.717) is 17.8 Å². The van der Waals surface area contributed by atoms with Gasteiger partial charge in [-0.25, -0.2) is 0 Å². The van der Waals surface area contributed by atoms with E-state index in [0.717, 1.165) is 28.5 Å². The van der Waals surface area contributed by atoms with Crippen LogP contribution in [0.5, 0.6) is 5.75 Å². The number of methoxy groups -OCH3 is 1. The molecule has 2 rings (SSSR count). The number of amides is 1. The molecule has 6 heteroatoms. The van der Waals surface area contributed by atoms with Gasteiger partial charge in [0.1, 0.15) is 10.6 Å². The van der Waals surface area contributed by atoms with Crippen LogP contribution in [0.25, 0.3) is 0 Å². The largest absolute Gasteiger partial charge is 0.496 e. The van der Waals surface area contributed by atoms with E-state index in [1.165, 1.54) is 0 Å². The maximum Gasteiger partial charge on any atom is 0.265 e. The van der Waals surface area contributed by atoms with E-state index in [1.807, 2.05) is 31.2 Å². The van der Waals surface area contributed by atoms with Gasteiger partial charge < -0.3 is 10.1 Å². The van der Waals surface area contributed by atoms with Gasteiger partial charge >= 0.3 is 0 Å². The molecule has 0 saturated carbocycles. The Hall–Kier alpha value is -1.95. The van der Waals surface area contributed by atoms with E-state index in [4.69, 9.17) is 4.74 Å². The van der Waals surface area contributed by atoms with E-state index in [9.17, 15) is 4.79 Å². The minimum absolute atomic E-state index is 0.141. The fourth-order valence-electron chi connectivity index (χ4n) is 1.72. The van der Waals surface area contributed by atoms with Crippen molar-refractivity contribution in [3.8, 4) is 5.75 Å². The second-order valence-corrected chi connectivity index (χ2v) is 4.65. The highest BCUT2D eigenvalue weighted by molar-refractivity contribution is 7.08. The first-order valence-corrected chi connectivity index (χ1v) is 6.75. The van der Waals surface area contributed by atoms with Crippen LogP contribution in [0.3, 0.4) is 0 Å². The maximum absolute atomic E-state index is 12.0. The number of aryl methyl sites for hydroxylation is 1. The van der Waals surface area contributed by atoms with Gasteiger partial charge in [0.05, 0.1) is 12.8 Å². The van der Waals surface area contributed by atoms with Gasteiger partial charge in [-0.2, -0.15) is 0 Å². The average molecular weight is 277 g/mol. The number of para-hydroxylation sites is 1. The predicted octanol–water partition coefficient (Wildman–Crippen LogP) is 2.04. The second kappa shape index (κ2) is 6.29. The van der Waals surface area contributed by atoms with Crippen LogP contribution in [0.2, 0.25) is 0 Å². The van der Waals surface area contributed by atoms with Crippen LogP contribution in [0.15, 0.2) is 24.3 Å². The lowest BCUT2D eigenvalue weighted by Gasteiger charge is -2.08. The van der Waals surface area contributed by atoms with Crippen LogP contribution in [-0.2, 0) is 13.0 Å². The maximum atomic E-state index is 12.0. The molecule has 1 amide bonds. The fraction of sp³-hybridized carbons (Fsp3) is 0.308. The molecule has 1 heterocycles. The number of benzene rings is 1. The van der Waals surface area contributed by atoms with Crippen molar-refractivity contribution < 1.29 is 9.53 Å². The summed E-state index contributed by atoms with van der Waals surface area (Å²) >= 11 is 1.12. The zero-order valence-corrected chi connectivity index (χ0v) is 11.7. The molecular weight excluding hydrogens is 262 g/mol. The van der Waals surface area contributed by atoms with Gasteiger partial charge in [-0.05, 0) is 24.0 Å². The molecule has 0 fully saturated rings. The Labute approximate surface area is 115 Å². The Balaban J connectivity index is 2.04. The van der Waals surface area contributed by atoms with Gasteiger partial charge in [0.15, 0.2) is 0 Å². The monoisotopic (exact) mass is 277 g/mol. The number of carbonyl (C=O) groups excluding carboxylic acids is 1. The van der Waals surface area contributed by atoms with Crippen LogP contribution in [0.4, 0.5) is 0 Å². The van der Waals surface area contributed by atoms with Crippen molar-refractivity contribution in [3.05, 3.63) is 40.4 Å². The van der Waals surface area contributed by atoms with Gasteiger partial charge in [0.2, 0.25) is 0 Å². The van der Waals surface area contributed by atoms with E-state index in [2.05, 4.69) is 14.9 Å².